The zero-order chi connectivity index (χ0) is 24.0. The van der Waals surface area contributed by atoms with Crippen LogP contribution < -0.4 is 16.0 Å². The van der Waals surface area contributed by atoms with E-state index in [4.69, 9.17) is 4.74 Å². The Morgan fingerprint density at radius 2 is 1.88 bits per heavy atom. The van der Waals surface area contributed by atoms with Crippen LogP contribution in [0.4, 0.5) is 25.4 Å². The van der Waals surface area contributed by atoms with Gasteiger partial charge in [0.1, 0.15) is 5.82 Å². The lowest BCUT2D eigenvalue weighted by Crippen LogP contribution is -2.48. The second-order valence-electron chi connectivity index (χ2n) is 7.44. The minimum atomic E-state index is -0.749. The van der Waals surface area contributed by atoms with E-state index in [1.165, 1.54) is 23.1 Å². The van der Waals surface area contributed by atoms with Crippen molar-refractivity contribution in [3.05, 3.63) is 71.2 Å². The zero-order valence-corrected chi connectivity index (χ0v) is 18.8. The number of carbonyl (C=O) groups is 3. The third-order valence-electron chi connectivity index (χ3n) is 5.14. The highest BCUT2D eigenvalue weighted by molar-refractivity contribution is 6.00. The highest BCUT2D eigenvalue weighted by Gasteiger charge is 2.36. The van der Waals surface area contributed by atoms with Crippen LogP contribution >= 0.6 is 0 Å². The van der Waals surface area contributed by atoms with Gasteiger partial charge in [0.2, 0.25) is 0 Å². The lowest BCUT2D eigenvalue weighted by molar-refractivity contribution is -0.139. The maximum Gasteiger partial charge on any atom is 0.338 e. The van der Waals surface area contributed by atoms with Crippen LogP contribution in [0.25, 0.3) is 0 Å². The summed E-state index contributed by atoms with van der Waals surface area (Å²) in [6.07, 6.45) is 0.724. The molecule has 1 aliphatic rings. The Morgan fingerprint density at radius 1 is 1.12 bits per heavy atom. The van der Waals surface area contributed by atoms with Crippen molar-refractivity contribution >= 4 is 29.4 Å². The number of urea groups is 2. The maximum atomic E-state index is 13.8. The molecule has 2 aromatic rings. The number of allylic oxidation sites excluding steroid dienone is 1. The predicted octanol–water partition coefficient (Wildman–Crippen LogP) is 4.78. The zero-order valence-electron chi connectivity index (χ0n) is 18.8. The number of rotatable bonds is 7. The highest BCUT2D eigenvalue weighted by atomic mass is 19.1. The van der Waals surface area contributed by atoms with Crippen LogP contribution in [-0.4, -0.2) is 36.1 Å². The molecule has 0 bridgehead atoms. The summed E-state index contributed by atoms with van der Waals surface area (Å²) in [5.74, 6) is -1.07. The number of carbonyl (C=O) groups excluding carboxylic acids is 3. The van der Waals surface area contributed by atoms with Crippen LogP contribution in [-0.2, 0) is 9.53 Å². The van der Waals surface area contributed by atoms with E-state index in [1.807, 2.05) is 6.92 Å². The fraction of sp³-hybridized carbons (Fsp3) is 0.292. The van der Waals surface area contributed by atoms with Gasteiger partial charge in [0.25, 0.3) is 0 Å². The molecule has 0 aromatic heterocycles. The molecule has 0 spiro atoms. The van der Waals surface area contributed by atoms with Gasteiger partial charge in [-0.05, 0) is 50.1 Å². The van der Waals surface area contributed by atoms with Crippen molar-refractivity contribution in [3.63, 3.8) is 0 Å². The predicted molar refractivity (Wildman–Crippen MR) is 123 cm³/mol. The number of ether oxygens (including phenoxy) is 1. The first kappa shape index (κ1) is 23.8. The Kier molecular flexibility index (Phi) is 7.66. The first-order valence-corrected chi connectivity index (χ1v) is 10.7. The Morgan fingerprint density at radius 3 is 2.58 bits per heavy atom. The summed E-state index contributed by atoms with van der Waals surface area (Å²) in [5, 5.41) is 7.96. The van der Waals surface area contributed by atoms with Crippen LogP contribution in [0.2, 0.25) is 0 Å². The molecule has 8 nitrogen and oxygen atoms in total. The highest BCUT2D eigenvalue weighted by Crippen LogP contribution is 2.32. The second kappa shape index (κ2) is 10.6. The van der Waals surface area contributed by atoms with Gasteiger partial charge in [-0.2, -0.15) is 0 Å². The van der Waals surface area contributed by atoms with E-state index in [2.05, 4.69) is 16.0 Å². The SMILES string of the molecule is CCCN1C(=O)NC(c2cccc(NC(=O)Nc3ccccc3F)c2)C(C(=O)OCC)=C1C. The van der Waals surface area contributed by atoms with Gasteiger partial charge in [-0.1, -0.05) is 31.2 Å². The molecule has 0 saturated heterocycles. The third-order valence-corrected chi connectivity index (χ3v) is 5.14. The number of nitrogens with zero attached hydrogens (tertiary/aromatic N) is 1. The van der Waals surface area contributed by atoms with Gasteiger partial charge in [0.05, 0.1) is 23.9 Å². The first-order chi connectivity index (χ1) is 15.8. The standard InChI is InChI=1S/C24H27FN4O4/c1-4-13-29-15(3)20(22(30)33-5-2)21(28-24(29)32)16-9-8-10-17(14-16)26-23(31)27-19-12-7-6-11-18(19)25/h6-12,14,21H,4-5,13H2,1-3H3,(H,28,32)(H2,26,27,31). The first-order valence-electron chi connectivity index (χ1n) is 10.7. The number of para-hydroxylation sites is 1. The third kappa shape index (κ3) is 5.49. The van der Waals surface area contributed by atoms with Crippen LogP contribution in [0.5, 0.6) is 0 Å². The molecular formula is C24H27FN4O4. The van der Waals surface area contributed by atoms with E-state index >= 15 is 0 Å². The lowest BCUT2D eigenvalue weighted by Gasteiger charge is -2.35. The van der Waals surface area contributed by atoms with Gasteiger partial charge in [-0.15, -0.1) is 0 Å². The molecular weight excluding hydrogens is 427 g/mol. The van der Waals surface area contributed by atoms with Crippen molar-refractivity contribution < 1.29 is 23.5 Å². The average molecular weight is 455 g/mol. The van der Waals surface area contributed by atoms with Crippen LogP contribution in [0, 0.1) is 5.82 Å². The summed E-state index contributed by atoms with van der Waals surface area (Å²) < 4.78 is 19.0. The Bertz CT molecular complexity index is 1090. The average Bonchev–Trinajstić information content (AvgIpc) is 2.78. The van der Waals surface area contributed by atoms with Crippen molar-refractivity contribution in [1.82, 2.24) is 10.2 Å². The Labute approximate surface area is 191 Å². The smallest absolute Gasteiger partial charge is 0.338 e. The van der Waals surface area contributed by atoms with Crippen molar-refractivity contribution in [2.24, 2.45) is 0 Å². The van der Waals surface area contributed by atoms with Crippen molar-refractivity contribution in [1.29, 1.82) is 0 Å². The monoisotopic (exact) mass is 454 g/mol. The Hall–Kier alpha value is -3.88. The molecule has 0 aliphatic carbocycles. The van der Waals surface area contributed by atoms with Gasteiger partial charge in [0, 0.05) is 17.9 Å². The number of esters is 1. The van der Waals surface area contributed by atoms with Crippen LogP contribution in [0.3, 0.4) is 0 Å². The Balaban J connectivity index is 1.87. The molecule has 9 heteroatoms. The molecule has 0 saturated carbocycles. The van der Waals surface area contributed by atoms with Gasteiger partial charge in [-0.3, -0.25) is 4.90 Å². The molecule has 1 heterocycles. The van der Waals surface area contributed by atoms with Gasteiger partial charge in [-0.25, -0.2) is 18.8 Å². The lowest BCUT2D eigenvalue weighted by atomic mass is 9.94. The molecule has 174 valence electrons. The minimum Gasteiger partial charge on any atom is -0.463 e. The number of halogens is 1. The van der Waals surface area contributed by atoms with E-state index in [-0.39, 0.29) is 18.3 Å². The molecule has 0 radical (unpaired) electrons. The molecule has 2 aromatic carbocycles. The minimum absolute atomic E-state index is 0.0462. The summed E-state index contributed by atoms with van der Waals surface area (Å²) in [4.78, 5) is 39.4. The van der Waals surface area contributed by atoms with Crippen LogP contribution in [0.1, 0.15) is 38.8 Å². The molecule has 4 amide bonds. The molecule has 3 rings (SSSR count). The fourth-order valence-corrected chi connectivity index (χ4v) is 3.64. The maximum absolute atomic E-state index is 13.8. The van der Waals surface area contributed by atoms with Gasteiger partial charge < -0.3 is 20.7 Å². The topological polar surface area (TPSA) is 99.8 Å². The van der Waals surface area contributed by atoms with Crippen molar-refractivity contribution in [2.45, 2.75) is 33.2 Å². The molecule has 1 unspecified atom stereocenters. The van der Waals surface area contributed by atoms with Gasteiger partial charge in [0.15, 0.2) is 0 Å². The quantitative estimate of drug-likeness (QED) is 0.524. The largest absolute Gasteiger partial charge is 0.463 e. The fourth-order valence-electron chi connectivity index (χ4n) is 3.64. The molecule has 3 N–H and O–H groups in total. The second-order valence-corrected chi connectivity index (χ2v) is 7.44. The summed E-state index contributed by atoms with van der Waals surface area (Å²) in [5.41, 5.74) is 1.90. The molecule has 1 atom stereocenters. The van der Waals surface area contributed by atoms with Crippen molar-refractivity contribution in [2.75, 3.05) is 23.8 Å². The van der Waals surface area contributed by atoms with E-state index in [1.54, 1.807) is 44.2 Å². The normalized spacial score (nSPS) is 15.7. The van der Waals surface area contributed by atoms with Crippen molar-refractivity contribution in [3.8, 4) is 0 Å². The number of hydrogen-bond donors (Lipinski definition) is 3. The molecule has 1 aliphatic heterocycles. The number of hydrogen-bond acceptors (Lipinski definition) is 4. The molecule has 0 fully saturated rings. The summed E-state index contributed by atoms with van der Waals surface area (Å²) >= 11 is 0. The number of benzene rings is 2. The number of amides is 4. The summed E-state index contributed by atoms with van der Waals surface area (Å²) in [6.45, 7) is 6.04. The summed E-state index contributed by atoms with van der Waals surface area (Å²) in [7, 11) is 0. The van der Waals surface area contributed by atoms with E-state index < -0.39 is 23.9 Å². The van der Waals surface area contributed by atoms with Gasteiger partial charge >= 0.3 is 18.0 Å². The van der Waals surface area contributed by atoms with E-state index in [0.29, 0.717) is 29.1 Å². The van der Waals surface area contributed by atoms with Crippen LogP contribution in [0.15, 0.2) is 59.8 Å². The van der Waals surface area contributed by atoms with E-state index in [0.717, 1.165) is 6.42 Å². The molecule has 33 heavy (non-hydrogen) atoms. The summed E-state index contributed by atoms with van der Waals surface area (Å²) in [6, 6.07) is 10.9. The number of nitrogens with one attached hydrogen (secondary N) is 3. The van der Waals surface area contributed by atoms with E-state index in [9.17, 15) is 18.8 Å². The number of anilines is 2.